The molecule has 0 aromatic rings. The minimum absolute atomic E-state index is 0.00124. The monoisotopic (exact) mass is 274 g/mol. The van der Waals surface area contributed by atoms with Crippen LogP contribution in [0.2, 0.25) is 0 Å². The van der Waals surface area contributed by atoms with Crippen molar-refractivity contribution in [2.45, 2.75) is 31.7 Å². The van der Waals surface area contributed by atoms with Crippen molar-refractivity contribution in [2.75, 3.05) is 18.6 Å². The highest BCUT2D eigenvalue weighted by Crippen LogP contribution is 2.47. The number of carbonyl (C=O) groups excluding carboxylic acids is 1. The zero-order valence-electron chi connectivity index (χ0n) is 10.8. The van der Waals surface area contributed by atoms with E-state index in [1.165, 1.54) is 6.26 Å². The summed E-state index contributed by atoms with van der Waals surface area (Å²) in [5.74, 6) is 1.04. The van der Waals surface area contributed by atoms with Crippen LogP contribution in [-0.2, 0) is 14.6 Å². The van der Waals surface area contributed by atoms with Crippen LogP contribution in [0.25, 0.3) is 0 Å². The van der Waals surface area contributed by atoms with Gasteiger partial charge in [-0.2, -0.15) is 0 Å². The minimum atomic E-state index is -2.94. The third-order valence-corrected chi connectivity index (χ3v) is 5.30. The average Bonchev–Trinajstić information content (AvgIpc) is 2.83. The number of hydrogen-bond acceptors (Lipinski definition) is 4. The Labute approximate surface area is 108 Å². The summed E-state index contributed by atoms with van der Waals surface area (Å²) in [6.07, 6.45) is 5.04. The Hall–Kier alpha value is -0.620. The molecule has 2 bridgehead atoms. The lowest BCUT2D eigenvalue weighted by Crippen LogP contribution is -2.45. The van der Waals surface area contributed by atoms with E-state index in [1.807, 2.05) is 0 Å². The van der Waals surface area contributed by atoms with Gasteiger partial charge in [-0.25, -0.2) is 8.42 Å². The van der Waals surface area contributed by atoms with E-state index in [2.05, 4.69) is 5.32 Å². The molecule has 2 aliphatic carbocycles. The standard InChI is InChI=1S/C12H22N2O3S/c1-18(16,17)6-2-5-14-12(15)10-8-3-4-9(7-8)11(10)13/h8-11H,2-7,13H2,1H3,(H,14,15). The van der Waals surface area contributed by atoms with Crippen molar-refractivity contribution < 1.29 is 13.2 Å². The molecule has 0 aliphatic heterocycles. The number of sulfone groups is 1. The second-order valence-electron chi connectivity index (χ2n) is 5.71. The summed E-state index contributed by atoms with van der Waals surface area (Å²) in [4.78, 5) is 12.0. The second-order valence-corrected chi connectivity index (χ2v) is 7.97. The third-order valence-electron chi connectivity index (χ3n) is 4.27. The first-order chi connectivity index (χ1) is 8.38. The molecule has 2 fully saturated rings. The summed E-state index contributed by atoms with van der Waals surface area (Å²) in [6.45, 7) is 0.423. The molecule has 1 amide bonds. The van der Waals surface area contributed by atoms with Gasteiger partial charge in [-0.15, -0.1) is 0 Å². The van der Waals surface area contributed by atoms with Gasteiger partial charge in [0.2, 0.25) is 5.91 Å². The van der Waals surface area contributed by atoms with E-state index in [0.717, 1.165) is 19.3 Å². The van der Waals surface area contributed by atoms with Crippen molar-refractivity contribution >= 4 is 15.7 Å². The lowest BCUT2D eigenvalue weighted by atomic mass is 9.84. The molecule has 0 heterocycles. The van der Waals surface area contributed by atoms with Gasteiger partial charge in [0.15, 0.2) is 0 Å². The molecule has 4 atom stereocenters. The Kier molecular flexibility index (Phi) is 3.96. The summed E-state index contributed by atoms with van der Waals surface area (Å²) in [7, 11) is -2.94. The van der Waals surface area contributed by atoms with Crippen molar-refractivity contribution in [3.8, 4) is 0 Å². The molecule has 5 nitrogen and oxygen atoms in total. The first kappa shape index (κ1) is 13.8. The summed E-state index contributed by atoms with van der Waals surface area (Å²) in [5.41, 5.74) is 6.08. The Balaban J connectivity index is 1.75. The molecule has 6 heteroatoms. The van der Waals surface area contributed by atoms with Crippen LogP contribution in [0.5, 0.6) is 0 Å². The van der Waals surface area contributed by atoms with Gasteiger partial charge in [0.1, 0.15) is 9.84 Å². The second kappa shape index (κ2) is 5.17. The lowest BCUT2D eigenvalue weighted by Gasteiger charge is -2.26. The summed E-state index contributed by atoms with van der Waals surface area (Å²) >= 11 is 0. The van der Waals surface area contributed by atoms with Gasteiger partial charge < -0.3 is 11.1 Å². The quantitative estimate of drug-likeness (QED) is 0.686. The van der Waals surface area contributed by atoms with E-state index < -0.39 is 9.84 Å². The fourth-order valence-electron chi connectivity index (χ4n) is 3.39. The van der Waals surface area contributed by atoms with Gasteiger partial charge in [0.25, 0.3) is 0 Å². The Bertz CT molecular complexity index is 419. The number of amides is 1. The highest BCUT2D eigenvalue weighted by molar-refractivity contribution is 7.90. The molecule has 3 N–H and O–H groups in total. The van der Waals surface area contributed by atoms with Gasteiger partial charge in [0.05, 0.1) is 11.7 Å². The topological polar surface area (TPSA) is 89.3 Å². The SMILES string of the molecule is CS(=O)(=O)CCCNC(=O)C1C2CCC(C2)C1N. The zero-order valence-corrected chi connectivity index (χ0v) is 11.6. The van der Waals surface area contributed by atoms with E-state index in [1.54, 1.807) is 0 Å². The molecule has 0 spiro atoms. The third kappa shape index (κ3) is 3.03. The number of fused-ring (bicyclic) bond motifs is 2. The first-order valence-electron chi connectivity index (χ1n) is 6.59. The molecule has 0 saturated heterocycles. The van der Waals surface area contributed by atoms with E-state index in [0.29, 0.717) is 24.8 Å². The maximum Gasteiger partial charge on any atom is 0.224 e. The number of nitrogens with two attached hydrogens (primary N) is 1. The molecule has 0 aromatic heterocycles. The van der Waals surface area contributed by atoms with Crippen LogP contribution in [0.1, 0.15) is 25.7 Å². The molecular weight excluding hydrogens is 252 g/mol. The van der Waals surface area contributed by atoms with E-state index in [9.17, 15) is 13.2 Å². The molecule has 104 valence electrons. The Morgan fingerprint density at radius 2 is 2.00 bits per heavy atom. The molecule has 4 unspecified atom stereocenters. The van der Waals surface area contributed by atoms with Crippen LogP contribution < -0.4 is 11.1 Å². The molecule has 2 saturated carbocycles. The molecule has 2 rings (SSSR count). The maximum atomic E-state index is 12.0. The van der Waals surface area contributed by atoms with Gasteiger partial charge >= 0.3 is 0 Å². The number of nitrogens with one attached hydrogen (secondary N) is 1. The molecule has 18 heavy (non-hydrogen) atoms. The number of carbonyl (C=O) groups is 1. The van der Waals surface area contributed by atoms with E-state index in [4.69, 9.17) is 5.73 Å². The van der Waals surface area contributed by atoms with Crippen molar-refractivity contribution in [2.24, 2.45) is 23.5 Å². The molecule has 0 aromatic carbocycles. The number of rotatable bonds is 5. The summed E-state index contributed by atoms with van der Waals surface area (Å²) in [6, 6.07) is -0.00124. The van der Waals surface area contributed by atoms with Crippen LogP contribution in [0.3, 0.4) is 0 Å². The van der Waals surface area contributed by atoms with Crippen molar-refractivity contribution in [1.29, 1.82) is 0 Å². The van der Waals surface area contributed by atoms with Crippen LogP contribution >= 0.6 is 0 Å². The predicted molar refractivity (Wildman–Crippen MR) is 69.6 cm³/mol. The largest absolute Gasteiger partial charge is 0.356 e. The average molecular weight is 274 g/mol. The van der Waals surface area contributed by atoms with Crippen molar-refractivity contribution in [3.63, 3.8) is 0 Å². The normalized spacial score (nSPS) is 34.8. The number of hydrogen-bond donors (Lipinski definition) is 2. The minimum Gasteiger partial charge on any atom is -0.356 e. The fraction of sp³-hybridized carbons (Fsp3) is 0.917. The van der Waals surface area contributed by atoms with Gasteiger partial charge in [-0.3, -0.25) is 4.79 Å². The summed E-state index contributed by atoms with van der Waals surface area (Å²) < 4.78 is 21.9. The van der Waals surface area contributed by atoms with Crippen LogP contribution in [0, 0.1) is 17.8 Å². The fourth-order valence-corrected chi connectivity index (χ4v) is 4.06. The molecule has 0 radical (unpaired) electrons. The zero-order chi connectivity index (χ0) is 13.3. The highest BCUT2D eigenvalue weighted by atomic mass is 32.2. The lowest BCUT2D eigenvalue weighted by molar-refractivity contribution is -0.127. The van der Waals surface area contributed by atoms with Crippen molar-refractivity contribution in [1.82, 2.24) is 5.32 Å². The van der Waals surface area contributed by atoms with Gasteiger partial charge in [-0.1, -0.05) is 0 Å². The Morgan fingerprint density at radius 3 is 2.56 bits per heavy atom. The first-order valence-corrected chi connectivity index (χ1v) is 8.65. The van der Waals surface area contributed by atoms with Gasteiger partial charge in [-0.05, 0) is 37.5 Å². The van der Waals surface area contributed by atoms with Crippen LogP contribution in [0.15, 0.2) is 0 Å². The molecule has 2 aliphatic rings. The van der Waals surface area contributed by atoms with Crippen LogP contribution in [-0.4, -0.2) is 38.9 Å². The van der Waals surface area contributed by atoms with Gasteiger partial charge in [0, 0.05) is 18.8 Å². The van der Waals surface area contributed by atoms with E-state index in [-0.39, 0.29) is 23.6 Å². The maximum absolute atomic E-state index is 12.0. The smallest absolute Gasteiger partial charge is 0.224 e. The van der Waals surface area contributed by atoms with Crippen LogP contribution in [0.4, 0.5) is 0 Å². The van der Waals surface area contributed by atoms with E-state index >= 15 is 0 Å². The summed E-state index contributed by atoms with van der Waals surface area (Å²) in [5, 5.41) is 2.83. The Morgan fingerprint density at radius 1 is 1.33 bits per heavy atom. The molecular formula is C12H22N2O3S. The predicted octanol–water partition coefficient (Wildman–Crippen LogP) is -0.0893. The van der Waals surface area contributed by atoms with Crippen molar-refractivity contribution in [3.05, 3.63) is 0 Å². The highest BCUT2D eigenvalue weighted by Gasteiger charge is 2.48.